The molecule has 3 rings (SSSR count). The summed E-state index contributed by atoms with van der Waals surface area (Å²) in [5, 5.41) is 2.71. The number of benzene rings is 2. The molecule has 2 aromatic carbocycles. The summed E-state index contributed by atoms with van der Waals surface area (Å²) in [6.45, 7) is 7.78. The average molecular weight is 354 g/mol. The maximum atomic E-state index is 13.3. The fourth-order valence-electron chi connectivity index (χ4n) is 2.75. The van der Waals surface area contributed by atoms with Crippen LogP contribution in [0.4, 0.5) is 15.8 Å². The number of rotatable bonds is 4. The van der Waals surface area contributed by atoms with E-state index in [2.05, 4.69) is 11.9 Å². The van der Waals surface area contributed by atoms with E-state index in [9.17, 15) is 14.0 Å². The van der Waals surface area contributed by atoms with Crippen molar-refractivity contribution in [1.29, 1.82) is 0 Å². The van der Waals surface area contributed by atoms with E-state index in [0.29, 0.717) is 23.7 Å². The molecule has 0 spiro atoms. The zero-order chi connectivity index (χ0) is 18.8. The lowest BCUT2D eigenvalue weighted by molar-refractivity contribution is -0.125. The highest BCUT2D eigenvalue weighted by molar-refractivity contribution is 6.05. The van der Waals surface area contributed by atoms with Gasteiger partial charge in [-0.15, -0.1) is 0 Å². The number of halogens is 1. The van der Waals surface area contributed by atoms with Crippen LogP contribution in [0.3, 0.4) is 0 Å². The Bertz CT molecular complexity index is 894. The van der Waals surface area contributed by atoms with Crippen LogP contribution in [-0.2, 0) is 4.79 Å². The molecule has 134 valence electrons. The zero-order valence-electron chi connectivity index (χ0n) is 14.6. The molecule has 2 aromatic rings. The van der Waals surface area contributed by atoms with Crippen LogP contribution in [0.1, 0.15) is 24.2 Å². The van der Waals surface area contributed by atoms with Gasteiger partial charge in [0.25, 0.3) is 11.8 Å². The fourth-order valence-corrected chi connectivity index (χ4v) is 2.75. The Kier molecular flexibility index (Phi) is 4.75. The minimum Gasteiger partial charge on any atom is -0.479 e. The first-order valence-electron chi connectivity index (χ1n) is 8.18. The van der Waals surface area contributed by atoms with Gasteiger partial charge in [-0.2, -0.15) is 0 Å². The molecule has 0 radical (unpaired) electrons. The summed E-state index contributed by atoms with van der Waals surface area (Å²) in [4.78, 5) is 26.2. The molecule has 0 saturated carbocycles. The van der Waals surface area contributed by atoms with Gasteiger partial charge in [-0.1, -0.05) is 18.2 Å². The Balaban J connectivity index is 1.86. The standard InChI is InChI=1S/C20H19FN2O3/c1-12(2)11-23-17-8-7-16(10-18(17)26-13(3)20(23)25)22-19(24)14-5-4-6-15(21)9-14/h4-10,13H,1,11H2,2-3H3,(H,22,24). The molecule has 1 aliphatic heterocycles. The summed E-state index contributed by atoms with van der Waals surface area (Å²) in [7, 11) is 0. The van der Waals surface area contributed by atoms with Crippen LogP contribution in [-0.4, -0.2) is 24.5 Å². The minimum absolute atomic E-state index is 0.142. The molecule has 0 aliphatic carbocycles. The Morgan fingerprint density at radius 2 is 2.08 bits per heavy atom. The number of carbonyl (C=O) groups is 2. The maximum absolute atomic E-state index is 13.3. The Labute approximate surface area is 151 Å². The predicted molar refractivity (Wildman–Crippen MR) is 98.1 cm³/mol. The maximum Gasteiger partial charge on any atom is 0.268 e. The van der Waals surface area contributed by atoms with Crippen LogP contribution in [0.25, 0.3) is 0 Å². The van der Waals surface area contributed by atoms with E-state index in [0.717, 1.165) is 5.57 Å². The Morgan fingerprint density at radius 1 is 1.31 bits per heavy atom. The van der Waals surface area contributed by atoms with Crippen molar-refractivity contribution in [3.8, 4) is 5.75 Å². The predicted octanol–water partition coefficient (Wildman–Crippen LogP) is 3.77. The third kappa shape index (κ3) is 3.59. The number of carbonyl (C=O) groups excluding carboxylic acids is 2. The van der Waals surface area contributed by atoms with Crippen LogP contribution < -0.4 is 15.0 Å². The van der Waals surface area contributed by atoms with Gasteiger partial charge in [-0.05, 0) is 44.2 Å². The van der Waals surface area contributed by atoms with Crippen molar-refractivity contribution in [2.24, 2.45) is 0 Å². The largest absolute Gasteiger partial charge is 0.479 e. The molecule has 2 amide bonds. The average Bonchev–Trinajstić information content (AvgIpc) is 2.58. The van der Waals surface area contributed by atoms with Crippen LogP contribution in [0.2, 0.25) is 0 Å². The van der Waals surface area contributed by atoms with Gasteiger partial charge in [0.1, 0.15) is 11.6 Å². The SMILES string of the molecule is C=C(C)CN1C(=O)C(C)Oc2cc(NC(=O)c3cccc(F)c3)ccc21. The first-order chi connectivity index (χ1) is 12.3. The Hall–Kier alpha value is -3.15. The number of anilines is 2. The highest BCUT2D eigenvalue weighted by Gasteiger charge is 2.31. The lowest BCUT2D eigenvalue weighted by atomic mass is 10.1. The molecule has 1 unspecified atom stereocenters. The summed E-state index contributed by atoms with van der Waals surface area (Å²) in [5.74, 6) is -0.551. The first kappa shape index (κ1) is 17.7. The molecule has 1 aliphatic rings. The second-order valence-electron chi connectivity index (χ2n) is 6.29. The molecular weight excluding hydrogens is 335 g/mol. The van der Waals surface area contributed by atoms with Gasteiger partial charge in [-0.25, -0.2) is 4.39 Å². The molecular formula is C20H19FN2O3. The van der Waals surface area contributed by atoms with Crippen molar-refractivity contribution >= 4 is 23.2 Å². The molecule has 5 nitrogen and oxygen atoms in total. The molecule has 26 heavy (non-hydrogen) atoms. The normalized spacial score (nSPS) is 15.9. The van der Waals surface area contributed by atoms with E-state index < -0.39 is 17.8 Å². The number of hydrogen-bond acceptors (Lipinski definition) is 3. The molecule has 0 saturated heterocycles. The summed E-state index contributed by atoms with van der Waals surface area (Å²) in [6.07, 6.45) is -0.629. The number of amides is 2. The summed E-state index contributed by atoms with van der Waals surface area (Å²) >= 11 is 0. The van der Waals surface area contributed by atoms with Crippen molar-refractivity contribution in [1.82, 2.24) is 0 Å². The van der Waals surface area contributed by atoms with Crippen LogP contribution in [0.15, 0.2) is 54.6 Å². The zero-order valence-corrected chi connectivity index (χ0v) is 14.6. The Morgan fingerprint density at radius 3 is 2.77 bits per heavy atom. The monoisotopic (exact) mass is 354 g/mol. The van der Waals surface area contributed by atoms with E-state index in [1.165, 1.54) is 24.3 Å². The van der Waals surface area contributed by atoms with E-state index in [4.69, 9.17) is 4.74 Å². The van der Waals surface area contributed by atoms with Crippen molar-refractivity contribution in [3.63, 3.8) is 0 Å². The topological polar surface area (TPSA) is 58.6 Å². The fraction of sp³-hybridized carbons (Fsp3) is 0.200. The molecule has 0 aromatic heterocycles. The number of hydrogen-bond donors (Lipinski definition) is 1. The van der Waals surface area contributed by atoms with Crippen molar-refractivity contribution in [2.75, 3.05) is 16.8 Å². The molecule has 1 atom stereocenters. The van der Waals surface area contributed by atoms with E-state index in [1.807, 2.05) is 6.92 Å². The molecule has 1 N–H and O–H groups in total. The first-order valence-corrected chi connectivity index (χ1v) is 8.18. The van der Waals surface area contributed by atoms with Gasteiger partial charge >= 0.3 is 0 Å². The van der Waals surface area contributed by atoms with Gasteiger partial charge < -0.3 is 15.0 Å². The van der Waals surface area contributed by atoms with Crippen LogP contribution in [0, 0.1) is 5.82 Å². The summed E-state index contributed by atoms with van der Waals surface area (Å²) < 4.78 is 18.9. The van der Waals surface area contributed by atoms with E-state index in [-0.39, 0.29) is 11.5 Å². The van der Waals surface area contributed by atoms with Gasteiger partial charge in [0.15, 0.2) is 6.10 Å². The minimum atomic E-state index is -0.629. The number of fused-ring (bicyclic) bond motifs is 1. The molecule has 0 fully saturated rings. The van der Waals surface area contributed by atoms with Crippen molar-refractivity contribution in [3.05, 3.63) is 66.0 Å². The van der Waals surface area contributed by atoms with Gasteiger partial charge in [-0.3, -0.25) is 9.59 Å². The number of ether oxygens (including phenoxy) is 1. The second-order valence-corrected chi connectivity index (χ2v) is 6.29. The third-order valence-electron chi connectivity index (χ3n) is 3.94. The highest BCUT2D eigenvalue weighted by Crippen LogP contribution is 2.36. The number of nitrogens with one attached hydrogen (secondary N) is 1. The highest BCUT2D eigenvalue weighted by atomic mass is 19.1. The van der Waals surface area contributed by atoms with Gasteiger partial charge in [0.05, 0.1) is 5.69 Å². The quantitative estimate of drug-likeness (QED) is 0.851. The summed E-state index contributed by atoms with van der Waals surface area (Å²) in [5.41, 5.74) is 2.19. The molecule has 1 heterocycles. The van der Waals surface area contributed by atoms with Crippen molar-refractivity contribution < 1.29 is 18.7 Å². The second kappa shape index (κ2) is 7.00. The van der Waals surface area contributed by atoms with Crippen molar-refractivity contribution in [2.45, 2.75) is 20.0 Å². The lowest BCUT2D eigenvalue weighted by Crippen LogP contribution is -2.45. The van der Waals surface area contributed by atoms with Gasteiger partial charge in [0, 0.05) is 23.9 Å². The van der Waals surface area contributed by atoms with Crippen LogP contribution in [0.5, 0.6) is 5.75 Å². The van der Waals surface area contributed by atoms with E-state index >= 15 is 0 Å². The third-order valence-corrected chi connectivity index (χ3v) is 3.94. The van der Waals surface area contributed by atoms with Gasteiger partial charge in [0.2, 0.25) is 0 Å². The van der Waals surface area contributed by atoms with Crippen LogP contribution >= 0.6 is 0 Å². The smallest absolute Gasteiger partial charge is 0.268 e. The number of nitrogens with zero attached hydrogens (tertiary/aromatic N) is 1. The molecule has 6 heteroatoms. The molecule has 0 bridgehead atoms. The lowest BCUT2D eigenvalue weighted by Gasteiger charge is -2.33. The summed E-state index contributed by atoms with van der Waals surface area (Å²) in [6, 6.07) is 10.5. The van der Waals surface area contributed by atoms with E-state index in [1.54, 1.807) is 30.0 Å².